The fraction of sp³-hybridized carbons (Fsp3) is 0.316. The predicted molar refractivity (Wildman–Crippen MR) is 109 cm³/mol. The molecule has 0 aliphatic rings. The van der Waals surface area contributed by atoms with Gasteiger partial charge in [-0.1, -0.05) is 11.6 Å². The molecule has 6 nitrogen and oxygen atoms in total. The highest BCUT2D eigenvalue weighted by Crippen LogP contribution is 2.35. The summed E-state index contributed by atoms with van der Waals surface area (Å²) >= 11 is 7.53. The molecule has 8 heteroatoms. The van der Waals surface area contributed by atoms with Gasteiger partial charge >= 0.3 is 0 Å². The molecule has 0 unspecified atom stereocenters. The molecule has 2 rings (SSSR count). The van der Waals surface area contributed by atoms with Gasteiger partial charge in [-0.25, -0.2) is 0 Å². The van der Waals surface area contributed by atoms with Gasteiger partial charge in [0.25, 0.3) is 0 Å². The fourth-order valence-corrected chi connectivity index (χ4v) is 3.03. The van der Waals surface area contributed by atoms with Gasteiger partial charge in [0.2, 0.25) is 5.91 Å². The summed E-state index contributed by atoms with van der Waals surface area (Å²) in [5.41, 5.74) is 0.513. The van der Waals surface area contributed by atoms with Crippen molar-refractivity contribution in [1.82, 2.24) is 0 Å². The van der Waals surface area contributed by atoms with Gasteiger partial charge < -0.3 is 24.3 Å². The summed E-state index contributed by atoms with van der Waals surface area (Å²) in [5, 5.41) is 3.22. The third kappa shape index (κ3) is 6.45. The molecule has 0 heterocycles. The molecule has 0 aliphatic heterocycles. The number of benzene rings is 2. The smallest absolute Gasteiger partial charge is 0.234 e. The van der Waals surface area contributed by atoms with E-state index < -0.39 is 0 Å². The third-order valence-corrected chi connectivity index (χ3v) is 4.75. The van der Waals surface area contributed by atoms with E-state index in [1.54, 1.807) is 19.2 Å². The lowest BCUT2D eigenvalue weighted by Crippen LogP contribution is -2.16. The number of thioether (sulfide) groups is 1. The van der Waals surface area contributed by atoms with Gasteiger partial charge in [0.15, 0.2) is 0 Å². The molecule has 0 spiro atoms. The topological polar surface area (TPSA) is 66.0 Å². The van der Waals surface area contributed by atoms with Crippen LogP contribution in [0, 0.1) is 0 Å². The molecule has 2 aromatic rings. The van der Waals surface area contributed by atoms with Crippen molar-refractivity contribution in [1.29, 1.82) is 0 Å². The lowest BCUT2D eigenvalue weighted by molar-refractivity contribution is -0.113. The molecular weight excluding hydrogens is 390 g/mol. The number of carbonyl (C=O) groups excluding carboxylic acids is 1. The van der Waals surface area contributed by atoms with Crippen LogP contribution in [0.5, 0.6) is 23.0 Å². The lowest BCUT2D eigenvalue weighted by Gasteiger charge is -2.13. The molecule has 0 fully saturated rings. The zero-order chi connectivity index (χ0) is 19.6. The van der Waals surface area contributed by atoms with Gasteiger partial charge in [-0.05, 0) is 24.3 Å². The van der Waals surface area contributed by atoms with E-state index in [0.29, 0.717) is 40.3 Å². The summed E-state index contributed by atoms with van der Waals surface area (Å²) in [5.74, 6) is 3.31. The highest BCUT2D eigenvalue weighted by molar-refractivity contribution is 7.99. The largest absolute Gasteiger partial charge is 0.497 e. The number of methoxy groups -OCH3 is 3. The number of hydrogen-bond acceptors (Lipinski definition) is 6. The maximum Gasteiger partial charge on any atom is 0.234 e. The van der Waals surface area contributed by atoms with E-state index in [0.717, 1.165) is 11.5 Å². The minimum Gasteiger partial charge on any atom is -0.497 e. The number of carbonyl (C=O) groups is 1. The van der Waals surface area contributed by atoms with Crippen molar-refractivity contribution in [2.24, 2.45) is 0 Å². The van der Waals surface area contributed by atoms with Crippen LogP contribution in [0.15, 0.2) is 36.4 Å². The minimum atomic E-state index is -0.146. The summed E-state index contributed by atoms with van der Waals surface area (Å²) < 4.78 is 21.1. The van der Waals surface area contributed by atoms with Gasteiger partial charge in [0.05, 0.1) is 44.4 Å². The molecule has 0 saturated carbocycles. The Kier molecular flexibility index (Phi) is 8.42. The van der Waals surface area contributed by atoms with Crippen molar-refractivity contribution in [3.63, 3.8) is 0 Å². The SMILES string of the molecule is COc1ccc(OCCSCC(=O)Nc2cc(OC)c(Cl)cc2OC)cc1. The first-order valence-electron chi connectivity index (χ1n) is 8.13. The Balaban J connectivity index is 1.76. The predicted octanol–water partition coefficient (Wildman–Crippen LogP) is 4.12. The van der Waals surface area contributed by atoms with Crippen molar-refractivity contribution < 1.29 is 23.7 Å². The summed E-state index contributed by atoms with van der Waals surface area (Å²) in [7, 11) is 4.64. The van der Waals surface area contributed by atoms with E-state index >= 15 is 0 Å². The first-order chi connectivity index (χ1) is 13.1. The molecule has 146 valence electrons. The van der Waals surface area contributed by atoms with Crippen LogP contribution in [0.2, 0.25) is 5.02 Å². The van der Waals surface area contributed by atoms with Crippen LogP contribution in [0.1, 0.15) is 0 Å². The highest BCUT2D eigenvalue weighted by atomic mass is 35.5. The first-order valence-corrected chi connectivity index (χ1v) is 9.66. The van der Waals surface area contributed by atoms with Crippen molar-refractivity contribution in [2.75, 3.05) is 44.8 Å². The maximum atomic E-state index is 12.2. The van der Waals surface area contributed by atoms with Crippen molar-refractivity contribution >= 4 is 35.0 Å². The molecule has 2 aromatic carbocycles. The number of amides is 1. The number of anilines is 1. The zero-order valence-corrected chi connectivity index (χ0v) is 17.0. The van der Waals surface area contributed by atoms with Crippen molar-refractivity contribution in [3.8, 4) is 23.0 Å². The molecule has 1 amide bonds. The molecule has 0 aromatic heterocycles. The summed E-state index contributed by atoms with van der Waals surface area (Å²) in [6.45, 7) is 0.502. The standard InChI is InChI=1S/C19H22ClNO5S/c1-23-13-4-6-14(7-5-13)26-8-9-27-12-19(22)21-16-11-17(24-2)15(20)10-18(16)25-3/h4-7,10-11H,8-9,12H2,1-3H3,(H,21,22). The fourth-order valence-electron chi connectivity index (χ4n) is 2.20. The quantitative estimate of drug-likeness (QED) is 0.593. The van der Waals surface area contributed by atoms with Crippen LogP contribution in [0.3, 0.4) is 0 Å². The van der Waals surface area contributed by atoms with E-state index in [-0.39, 0.29) is 5.91 Å². The van der Waals surface area contributed by atoms with Gasteiger partial charge in [0, 0.05) is 17.9 Å². The lowest BCUT2D eigenvalue weighted by atomic mass is 10.2. The molecule has 27 heavy (non-hydrogen) atoms. The summed E-state index contributed by atoms with van der Waals surface area (Å²) in [6.07, 6.45) is 0. The molecule has 0 atom stereocenters. The Bertz CT molecular complexity index is 755. The summed E-state index contributed by atoms with van der Waals surface area (Å²) in [4.78, 5) is 12.2. The maximum absolute atomic E-state index is 12.2. The Morgan fingerprint density at radius 3 is 2.30 bits per heavy atom. The normalized spacial score (nSPS) is 10.2. The van der Waals surface area contributed by atoms with Crippen molar-refractivity contribution in [3.05, 3.63) is 41.4 Å². The Labute approximate surface area is 168 Å². The average Bonchev–Trinajstić information content (AvgIpc) is 2.69. The van der Waals surface area contributed by atoms with Gasteiger partial charge in [-0.15, -0.1) is 11.8 Å². The van der Waals surface area contributed by atoms with E-state index in [1.807, 2.05) is 24.3 Å². The Morgan fingerprint density at radius 2 is 1.67 bits per heavy atom. The monoisotopic (exact) mass is 411 g/mol. The first kappa shape index (κ1) is 21.1. The number of ether oxygens (including phenoxy) is 4. The summed E-state index contributed by atoms with van der Waals surface area (Å²) in [6, 6.07) is 10.6. The highest BCUT2D eigenvalue weighted by Gasteiger charge is 2.12. The molecule has 0 aliphatic carbocycles. The minimum absolute atomic E-state index is 0.146. The Morgan fingerprint density at radius 1 is 1.00 bits per heavy atom. The number of hydrogen-bond donors (Lipinski definition) is 1. The van der Waals surface area contributed by atoms with E-state index in [4.69, 9.17) is 30.5 Å². The van der Waals surface area contributed by atoms with Crippen LogP contribution in [0.4, 0.5) is 5.69 Å². The molecule has 0 saturated heterocycles. The van der Waals surface area contributed by atoms with Crippen LogP contribution in [-0.2, 0) is 4.79 Å². The van der Waals surface area contributed by atoms with Crippen LogP contribution < -0.4 is 24.3 Å². The second-order valence-corrected chi connectivity index (χ2v) is 6.82. The second kappa shape index (κ2) is 10.8. The molecule has 0 bridgehead atoms. The van der Waals surface area contributed by atoms with E-state index in [1.165, 1.54) is 26.0 Å². The molecular formula is C19H22ClNO5S. The van der Waals surface area contributed by atoms with Crippen LogP contribution in [0.25, 0.3) is 0 Å². The van der Waals surface area contributed by atoms with Crippen LogP contribution in [-0.4, -0.2) is 45.3 Å². The van der Waals surface area contributed by atoms with Gasteiger partial charge in [-0.3, -0.25) is 4.79 Å². The zero-order valence-electron chi connectivity index (χ0n) is 15.4. The number of nitrogens with one attached hydrogen (secondary N) is 1. The third-order valence-electron chi connectivity index (χ3n) is 3.54. The number of halogens is 1. The second-order valence-electron chi connectivity index (χ2n) is 5.31. The van der Waals surface area contributed by atoms with E-state index in [9.17, 15) is 4.79 Å². The average molecular weight is 412 g/mol. The van der Waals surface area contributed by atoms with Gasteiger partial charge in [0.1, 0.15) is 23.0 Å². The molecule has 0 radical (unpaired) electrons. The van der Waals surface area contributed by atoms with Crippen molar-refractivity contribution in [2.45, 2.75) is 0 Å². The number of rotatable bonds is 10. The molecule has 1 N–H and O–H groups in total. The van der Waals surface area contributed by atoms with Crippen LogP contribution >= 0.6 is 23.4 Å². The Hall–Kier alpha value is -2.25. The van der Waals surface area contributed by atoms with E-state index in [2.05, 4.69) is 5.32 Å². The van der Waals surface area contributed by atoms with Gasteiger partial charge in [-0.2, -0.15) is 0 Å².